The molecule has 5 heteroatoms. The van der Waals surface area contributed by atoms with E-state index in [1.165, 1.54) is 6.42 Å². The molecule has 108 valence electrons. The number of benzene rings is 1. The Labute approximate surface area is 122 Å². The number of aromatic nitrogens is 2. The van der Waals surface area contributed by atoms with Gasteiger partial charge in [0.1, 0.15) is 23.7 Å². The summed E-state index contributed by atoms with van der Waals surface area (Å²) < 4.78 is 5.76. The molecule has 2 aliphatic heterocycles. The summed E-state index contributed by atoms with van der Waals surface area (Å²) in [7, 11) is 0. The van der Waals surface area contributed by atoms with E-state index in [0.29, 0.717) is 12.3 Å². The summed E-state index contributed by atoms with van der Waals surface area (Å²) in [5.41, 5.74) is 3.26. The van der Waals surface area contributed by atoms with Gasteiger partial charge in [-0.2, -0.15) is 5.10 Å². The van der Waals surface area contributed by atoms with Crippen molar-refractivity contribution in [1.82, 2.24) is 15.1 Å². The average molecular weight is 283 g/mol. The van der Waals surface area contributed by atoms with Gasteiger partial charge in [0, 0.05) is 24.2 Å². The van der Waals surface area contributed by atoms with E-state index in [4.69, 9.17) is 4.74 Å². The fourth-order valence-electron chi connectivity index (χ4n) is 3.10. The van der Waals surface area contributed by atoms with Gasteiger partial charge < -0.3 is 9.64 Å². The monoisotopic (exact) mass is 283 g/mol. The molecule has 0 unspecified atom stereocenters. The number of hydrogen-bond donors (Lipinski definition) is 1. The smallest absolute Gasteiger partial charge is 0.272 e. The molecule has 1 N–H and O–H groups in total. The van der Waals surface area contributed by atoms with E-state index < -0.39 is 0 Å². The predicted octanol–water partition coefficient (Wildman–Crippen LogP) is 2.60. The van der Waals surface area contributed by atoms with Crippen molar-refractivity contribution in [3.63, 3.8) is 0 Å². The average Bonchev–Trinajstić information content (AvgIpc) is 2.99. The second kappa shape index (κ2) is 4.91. The summed E-state index contributed by atoms with van der Waals surface area (Å²) in [5, 5.41) is 7.29. The highest BCUT2D eigenvalue weighted by Gasteiger charge is 2.28. The Balaban J connectivity index is 1.71. The molecule has 0 atom stereocenters. The van der Waals surface area contributed by atoms with E-state index in [1.54, 1.807) is 0 Å². The van der Waals surface area contributed by atoms with Crippen LogP contribution in [-0.4, -0.2) is 34.1 Å². The number of rotatable bonds is 1. The van der Waals surface area contributed by atoms with Gasteiger partial charge in [-0.25, -0.2) is 0 Å². The fourth-order valence-corrected chi connectivity index (χ4v) is 3.10. The van der Waals surface area contributed by atoms with Crippen LogP contribution in [0.25, 0.3) is 11.3 Å². The quantitative estimate of drug-likeness (QED) is 0.875. The van der Waals surface area contributed by atoms with Crippen molar-refractivity contribution >= 4 is 5.91 Å². The number of likely N-dealkylation sites (tertiary alicyclic amines) is 1. The molecule has 2 aromatic rings. The summed E-state index contributed by atoms with van der Waals surface area (Å²) in [6.07, 6.45) is 3.38. The first-order valence-corrected chi connectivity index (χ1v) is 7.43. The van der Waals surface area contributed by atoms with Gasteiger partial charge in [-0.15, -0.1) is 0 Å². The lowest BCUT2D eigenvalue weighted by atomic mass is 10.0. The van der Waals surface area contributed by atoms with Gasteiger partial charge in [-0.1, -0.05) is 12.1 Å². The second-order valence-corrected chi connectivity index (χ2v) is 5.56. The highest BCUT2D eigenvalue weighted by molar-refractivity contribution is 5.96. The van der Waals surface area contributed by atoms with Crippen LogP contribution in [0, 0.1) is 0 Å². The molecule has 0 spiro atoms. The van der Waals surface area contributed by atoms with Gasteiger partial charge in [0.25, 0.3) is 5.91 Å². The predicted molar refractivity (Wildman–Crippen MR) is 78.1 cm³/mol. The van der Waals surface area contributed by atoms with Gasteiger partial charge >= 0.3 is 0 Å². The van der Waals surface area contributed by atoms with Crippen molar-refractivity contribution in [2.45, 2.75) is 25.9 Å². The third kappa shape index (κ3) is 2.00. The van der Waals surface area contributed by atoms with E-state index >= 15 is 0 Å². The first kappa shape index (κ1) is 12.4. The molecule has 3 heterocycles. The molecule has 0 saturated carbocycles. The Bertz CT molecular complexity index is 687. The Hall–Kier alpha value is -2.30. The van der Waals surface area contributed by atoms with Crippen LogP contribution in [-0.2, 0) is 6.61 Å². The lowest BCUT2D eigenvalue weighted by Gasteiger charge is -2.26. The van der Waals surface area contributed by atoms with Gasteiger partial charge in [0.15, 0.2) is 0 Å². The van der Waals surface area contributed by atoms with Gasteiger partial charge in [-0.05, 0) is 31.4 Å². The zero-order chi connectivity index (χ0) is 14.2. The molecule has 1 fully saturated rings. The lowest BCUT2D eigenvalue weighted by molar-refractivity contribution is 0.0715. The number of fused-ring (bicyclic) bond motifs is 3. The molecule has 1 aromatic carbocycles. The minimum Gasteiger partial charge on any atom is -0.488 e. The molecular formula is C16H17N3O2. The zero-order valence-electron chi connectivity index (χ0n) is 11.8. The first-order valence-electron chi connectivity index (χ1n) is 7.43. The summed E-state index contributed by atoms with van der Waals surface area (Å²) in [6, 6.07) is 7.80. The Morgan fingerprint density at radius 1 is 1.19 bits per heavy atom. The molecule has 2 aliphatic rings. The molecule has 1 amide bonds. The second-order valence-electron chi connectivity index (χ2n) is 5.56. The van der Waals surface area contributed by atoms with E-state index in [-0.39, 0.29) is 5.91 Å². The number of aromatic amines is 1. The maximum absolute atomic E-state index is 12.6. The highest BCUT2D eigenvalue weighted by atomic mass is 16.5. The molecule has 1 saturated heterocycles. The largest absolute Gasteiger partial charge is 0.488 e. The molecule has 5 nitrogen and oxygen atoms in total. The number of hydrogen-bond acceptors (Lipinski definition) is 3. The number of nitrogens with one attached hydrogen (secondary N) is 1. The van der Waals surface area contributed by atoms with Crippen LogP contribution < -0.4 is 4.74 Å². The minimum absolute atomic E-state index is 0.0476. The van der Waals surface area contributed by atoms with Crippen LogP contribution in [0.2, 0.25) is 0 Å². The number of ether oxygens (including phenoxy) is 1. The fraction of sp³-hybridized carbons (Fsp3) is 0.375. The van der Waals surface area contributed by atoms with Crippen LogP contribution in [0.15, 0.2) is 24.3 Å². The van der Waals surface area contributed by atoms with Crippen LogP contribution in [0.5, 0.6) is 5.75 Å². The van der Waals surface area contributed by atoms with Gasteiger partial charge in [0.2, 0.25) is 0 Å². The topological polar surface area (TPSA) is 58.2 Å². The standard InChI is InChI=1S/C16H17N3O2/c20-16(19-8-4-1-5-9-19)15-12-10-21-13-7-3-2-6-11(13)14(12)17-18-15/h2-3,6-7H,1,4-5,8-10H2,(H,17,18). The highest BCUT2D eigenvalue weighted by Crippen LogP contribution is 2.37. The molecule has 0 bridgehead atoms. The van der Waals surface area contributed by atoms with Crippen molar-refractivity contribution in [3.05, 3.63) is 35.5 Å². The number of carbonyl (C=O) groups excluding carboxylic acids is 1. The van der Waals surface area contributed by atoms with Crippen molar-refractivity contribution in [2.75, 3.05) is 13.1 Å². The minimum atomic E-state index is 0.0476. The number of piperidine rings is 1. The summed E-state index contributed by atoms with van der Waals surface area (Å²) in [4.78, 5) is 14.6. The SMILES string of the molecule is O=C(c1[nH]nc2c1COc1ccccc1-2)N1CCCCC1. The summed E-state index contributed by atoms with van der Waals surface area (Å²) >= 11 is 0. The lowest BCUT2D eigenvalue weighted by Crippen LogP contribution is -2.36. The first-order chi connectivity index (χ1) is 10.3. The van der Waals surface area contributed by atoms with Gasteiger partial charge in [0.05, 0.1) is 0 Å². The Kier molecular flexibility index (Phi) is 2.91. The number of H-pyrrole nitrogens is 1. The molecule has 0 radical (unpaired) electrons. The van der Waals surface area contributed by atoms with Crippen LogP contribution >= 0.6 is 0 Å². The van der Waals surface area contributed by atoms with Crippen LogP contribution in [0.3, 0.4) is 0 Å². The van der Waals surface area contributed by atoms with E-state index in [2.05, 4.69) is 10.2 Å². The van der Waals surface area contributed by atoms with E-state index in [0.717, 1.165) is 48.5 Å². The summed E-state index contributed by atoms with van der Waals surface area (Å²) in [6.45, 7) is 2.08. The molecule has 21 heavy (non-hydrogen) atoms. The molecule has 4 rings (SSSR count). The number of para-hydroxylation sites is 1. The van der Waals surface area contributed by atoms with E-state index in [1.807, 2.05) is 29.2 Å². The van der Waals surface area contributed by atoms with Crippen molar-refractivity contribution in [3.8, 4) is 17.0 Å². The van der Waals surface area contributed by atoms with Crippen molar-refractivity contribution in [2.24, 2.45) is 0 Å². The zero-order valence-corrected chi connectivity index (χ0v) is 11.8. The number of carbonyl (C=O) groups is 1. The van der Waals surface area contributed by atoms with Crippen molar-refractivity contribution in [1.29, 1.82) is 0 Å². The van der Waals surface area contributed by atoms with Crippen molar-refractivity contribution < 1.29 is 9.53 Å². The van der Waals surface area contributed by atoms with Crippen LogP contribution in [0.4, 0.5) is 0 Å². The normalized spacial score (nSPS) is 16.9. The Morgan fingerprint density at radius 2 is 2.00 bits per heavy atom. The van der Waals surface area contributed by atoms with E-state index in [9.17, 15) is 4.79 Å². The third-order valence-electron chi connectivity index (χ3n) is 4.24. The third-order valence-corrected chi connectivity index (χ3v) is 4.24. The molecular weight excluding hydrogens is 266 g/mol. The maximum Gasteiger partial charge on any atom is 0.272 e. The Morgan fingerprint density at radius 3 is 2.86 bits per heavy atom. The summed E-state index contributed by atoms with van der Waals surface area (Å²) in [5.74, 6) is 0.875. The number of nitrogens with zero attached hydrogens (tertiary/aromatic N) is 2. The van der Waals surface area contributed by atoms with Crippen LogP contribution in [0.1, 0.15) is 35.3 Å². The van der Waals surface area contributed by atoms with Gasteiger partial charge in [-0.3, -0.25) is 9.89 Å². The molecule has 0 aliphatic carbocycles. The molecule has 1 aromatic heterocycles. The maximum atomic E-state index is 12.6. The number of amides is 1.